The molecule has 5 heteroatoms. The van der Waals surface area contributed by atoms with E-state index in [-0.39, 0.29) is 0 Å². The second kappa shape index (κ2) is 1.88. The predicted molar refractivity (Wildman–Crippen MR) is 31.4 cm³/mol. The first-order valence-corrected chi connectivity index (χ1v) is 3.36. The van der Waals surface area contributed by atoms with Crippen LogP contribution in [0.5, 0.6) is 0 Å². The fourth-order valence-electron chi connectivity index (χ4n) is 0.771. The van der Waals surface area contributed by atoms with Gasteiger partial charge in [-0.15, -0.1) is 0 Å². The van der Waals surface area contributed by atoms with Crippen LogP contribution in [-0.2, 0) is 0 Å². The summed E-state index contributed by atoms with van der Waals surface area (Å²) in [7, 11) is 0. The quantitative estimate of drug-likeness (QED) is 0.567. The van der Waals surface area contributed by atoms with E-state index in [4.69, 9.17) is 5.26 Å². The predicted octanol–water partition coefficient (Wildman–Crippen LogP) is 2.23. The van der Waals surface area contributed by atoms with E-state index in [2.05, 4.69) is 15.9 Å². The number of hydrogen-bond acceptors (Lipinski definition) is 1. The van der Waals surface area contributed by atoms with Gasteiger partial charge < -0.3 is 0 Å². The minimum Gasteiger partial charge on any atom is -0.225 e. The zero-order chi connectivity index (χ0) is 7.99. The molecular weight excluding hydrogens is 211 g/mol. The molecule has 1 aliphatic carbocycles. The molecule has 0 heterocycles. The van der Waals surface area contributed by atoms with Crippen molar-refractivity contribution in [3.05, 3.63) is 0 Å². The van der Waals surface area contributed by atoms with E-state index in [9.17, 15) is 13.2 Å². The fourth-order valence-corrected chi connectivity index (χ4v) is 1.37. The molecule has 1 nitrogen and oxygen atoms in total. The smallest absolute Gasteiger partial charge is 0.225 e. The number of rotatable bonds is 0. The summed E-state index contributed by atoms with van der Waals surface area (Å²) in [6.07, 6.45) is -0.434. The maximum atomic E-state index is 12.4. The Bertz CT molecular complexity index is 196. The van der Waals surface area contributed by atoms with E-state index >= 15 is 0 Å². The van der Waals surface area contributed by atoms with Gasteiger partial charge in [-0.25, -0.2) is 13.2 Å². The summed E-state index contributed by atoms with van der Waals surface area (Å²) in [5.74, 6) is -5.00. The molecule has 0 amide bonds. The molecule has 0 bridgehead atoms. The van der Waals surface area contributed by atoms with Gasteiger partial charge in [-0.1, -0.05) is 0 Å². The van der Waals surface area contributed by atoms with Crippen LogP contribution in [0.2, 0.25) is 0 Å². The van der Waals surface area contributed by atoms with Gasteiger partial charge in [0.2, 0.25) is 4.58 Å². The minimum atomic E-state index is -3.53. The number of alkyl halides is 4. The van der Waals surface area contributed by atoms with Crippen LogP contribution in [0, 0.1) is 17.2 Å². The molecule has 1 saturated carbocycles. The highest BCUT2D eigenvalue weighted by Crippen LogP contribution is 2.57. The average molecular weight is 214 g/mol. The molecule has 0 aliphatic heterocycles. The summed E-state index contributed by atoms with van der Waals surface area (Å²) in [5.41, 5.74) is 0. The van der Waals surface area contributed by atoms with Gasteiger partial charge in [0.15, 0.2) is 0 Å². The van der Waals surface area contributed by atoms with Crippen molar-refractivity contribution in [3.8, 4) is 6.07 Å². The summed E-state index contributed by atoms with van der Waals surface area (Å²) >= 11 is 2.20. The molecule has 0 saturated heterocycles. The van der Waals surface area contributed by atoms with E-state index in [1.165, 1.54) is 6.07 Å². The maximum absolute atomic E-state index is 12.4. The second-order valence-corrected chi connectivity index (χ2v) is 3.47. The van der Waals surface area contributed by atoms with Crippen LogP contribution in [0.4, 0.5) is 13.2 Å². The second-order valence-electron chi connectivity index (χ2n) is 2.21. The zero-order valence-corrected chi connectivity index (χ0v) is 6.33. The standard InChI is InChI=1S/C5H3BrF3N/c6-4(7)1-3(2-10)5(4,8)9/h3H,1H2. The zero-order valence-electron chi connectivity index (χ0n) is 4.74. The van der Waals surface area contributed by atoms with Gasteiger partial charge in [-0.3, -0.25) is 0 Å². The normalized spacial score (nSPS) is 43.7. The Morgan fingerprint density at radius 1 is 1.50 bits per heavy atom. The highest BCUT2D eigenvalue weighted by Gasteiger charge is 2.69. The van der Waals surface area contributed by atoms with Crippen LogP contribution in [0.15, 0.2) is 0 Å². The lowest BCUT2D eigenvalue weighted by atomic mass is 9.80. The van der Waals surface area contributed by atoms with Gasteiger partial charge in [-0.05, 0) is 15.9 Å². The van der Waals surface area contributed by atoms with Gasteiger partial charge in [0.25, 0.3) is 0 Å². The number of nitriles is 1. The largest absolute Gasteiger partial charge is 0.306 e. The van der Waals surface area contributed by atoms with Gasteiger partial charge in [0.1, 0.15) is 5.92 Å². The lowest BCUT2D eigenvalue weighted by molar-refractivity contribution is -0.189. The minimum absolute atomic E-state index is 0.434. The first-order valence-electron chi connectivity index (χ1n) is 2.57. The fraction of sp³-hybridized carbons (Fsp3) is 0.800. The van der Waals surface area contributed by atoms with Crippen LogP contribution in [0.3, 0.4) is 0 Å². The molecule has 0 N–H and O–H groups in total. The molecule has 56 valence electrons. The summed E-state index contributed by atoms with van der Waals surface area (Å²) in [6.45, 7) is 0. The van der Waals surface area contributed by atoms with Gasteiger partial charge in [0, 0.05) is 6.42 Å². The van der Waals surface area contributed by atoms with Gasteiger partial charge in [0.05, 0.1) is 6.07 Å². The molecule has 0 aromatic heterocycles. The van der Waals surface area contributed by atoms with E-state index < -0.39 is 22.8 Å². The molecule has 0 aromatic rings. The Morgan fingerprint density at radius 3 is 2.10 bits per heavy atom. The van der Waals surface area contributed by atoms with Crippen LogP contribution in [0.1, 0.15) is 6.42 Å². The van der Waals surface area contributed by atoms with Crippen molar-refractivity contribution < 1.29 is 13.2 Å². The van der Waals surface area contributed by atoms with E-state index in [1.807, 2.05) is 0 Å². The molecule has 0 aromatic carbocycles. The summed E-state index contributed by atoms with van der Waals surface area (Å²) in [4.78, 5) is 0. The highest BCUT2D eigenvalue weighted by atomic mass is 79.9. The van der Waals surface area contributed by atoms with Crippen LogP contribution >= 0.6 is 15.9 Å². The monoisotopic (exact) mass is 213 g/mol. The van der Waals surface area contributed by atoms with Gasteiger partial charge in [-0.2, -0.15) is 5.26 Å². The average Bonchev–Trinajstić information content (AvgIpc) is 1.83. The SMILES string of the molecule is N#CC1CC(F)(Br)C1(F)F. The van der Waals surface area contributed by atoms with Crippen molar-refractivity contribution >= 4 is 15.9 Å². The first kappa shape index (κ1) is 7.86. The molecule has 1 aliphatic rings. The molecule has 10 heavy (non-hydrogen) atoms. The third-order valence-electron chi connectivity index (χ3n) is 1.54. The number of hydrogen-bond donors (Lipinski definition) is 0. The maximum Gasteiger partial charge on any atom is 0.306 e. The van der Waals surface area contributed by atoms with Crippen LogP contribution in [0.25, 0.3) is 0 Å². The summed E-state index contributed by atoms with van der Waals surface area (Å²) in [6, 6.07) is 1.33. The summed E-state index contributed by atoms with van der Waals surface area (Å²) in [5, 5.41) is 8.04. The lowest BCUT2D eigenvalue weighted by Crippen LogP contribution is -2.56. The van der Waals surface area contributed by atoms with Crippen molar-refractivity contribution in [2.45, 2.75) is 16.9 Å². The molecule has 0 radical (unpaired) electrons. The van der Waals surface area contributed by atoms with Crippen LogP contribution in [-0.4, -0.2) is 10.5 Å². The lowest BCUT2D eigenvalue weighted by Gasteiger charge is -2.41. The Kier molecular flexibility index (Phi) is 1.48. The Morgan fingerprint density at radius 2 is 2.00 bits per heavy atom. The topological polar surface area (TPSA) is 23.8 Å². The van der Waals surface area contributed by atoms with E-state index in [1.54, 1.807) is 0 Å². The first-order chi connectivity index (χ1) is 4.42. The van der Waals surface area contributed by atoms with Crippen molar-refractivity contribution in [2.75, 3.05) is 0 Å². The third-order valence-corrected chi connectivity index (χ3v) is 2.39. The number of halogens is 4. The Balaban J connectivity index is 2.77. The summed E-state index contributed by atoms with van der Waals surface area (Å²) < 4.78 is 34.5. The third kappa shape index (κ3) is 0.749. The van der Waals surface area contributed by atoms with Crippen molar-refractivity contribution in [1.29, 1.82) is 5.26 Å². The number of nitrogens with zero attached hydrogens (tertiary/aromatic N) is 1. The molecular formula is C5H3BrF3N. The van der Waals surface area contributed by atoms with Crippen molar-refractivity contribution in [2.24, 2.45) is 5.92 Å². The Labute approximate surface area is 63.9 Å². The van der Waals surface area contributed by atoms with E-state index in [0.29, 0.717) is 0 Å². The molecule has 1 fully saturated rings. The van der Waals surface area contributed by atoms with Crippen molar-refractivity contribution in [1.82, 2.24) is 0 Å². The molecule has 2 unspecified atom stereocenters. The van der Waals surface area contributed by atoms with Crippen LogP contribution < -0.4 is 0 Å². The molecule has 1 rings (SSSR count). The molecule has 0 spiro atoms. The Hall–Kier alpha value is -0.240. The van der Waals surface area contributed by atoms with Crippen molar-refractivity contribution in [3.63, 3.8) is 0 Å². The highest BCUT2D eigenvalue weighted by molar-refractivity contribution is 9.10. The molecule has 2 atom stereocenters. The van der Waals surface area contributed by atoms with E-state index in [0.717, 1.165) is 0 Å². The van der Waals surface area contributed by atoms with Gasteiger partial charge >= 0.3 is 5.92 Å².